The quantitative estimate of drug-likeness (QED) is 0.358. The molecule has 2 aliphatic heterocycles. The number of hydrogen-bond acceptors (Lipinski definition) is 4. The highest BCUT2D eigenvalue weighted by Gasteiger charge is 2.09. The smallest absolute Gasteiger partial charge is 0.0956 e. The zero-order valence-corrected chi connectivity index (χ0v) is 11.1. The van der Waals surface area contributed by atoms with Crippen molar-refractivity contribution in [3.63, 3.8) is 0 Å². The lowest BCUT2D eigenvalue weighted by Gasteiger charge is -1.99. The van der Waals surface area contributed by atoms with E-state index in [9.17, 15) is 0 Å². The molecular formula is C10H4N2S4. The Bertz CT molecular complexity index is 830. The second-order valence-corrected chi connectivity index (χ2v) is 7.26. The second kappa shape index (κ2) is 3.46. The van der Waals surface area contributed by atoms with Gasteiger partial charge in [-0.25, -0.2) is 4.40 Å². The molecule has 0 saturated heterocycles. The molecule has 0 spiro atoms. The fourth-order valence-corrected chi connectivity index (χ4v) is 5.29. The molecule has 2 nitrogen and oxygen atoms in total. The Kier molecular flexibility index (Phi) is 2.05. The highest BCUT2D eigenvalue weighted by Crippen LogP contribution is 2.36. The van der Waals surface area contributed by atoms with Gasteiger partial charge in [-0.3, -0.25) is 0 Å². The van der Waals surface area contributed by atoms with Crippen LogP contribution in [0.5, 0.6) is 0 Å². The van der Waals surface area contributed by atoms with Gasteiger partial charge >= 0.3 is 0 Å². The third-order valence-corrected chi connectivity index (χ3v) is 6.20. The first-order valence-corrected chi connectivity index (χ1v) is 8.83. The summed E-state index contributed by atoms with van der Waals surface area (Å²) in [6.45, 7) is 0. The lowest BCUT2D eigenvalue weighted by Crippen LogP contribution is -1.98. The molecule has 0 saturated carbocycles. The molecule has 0 amide bonds. The molecule has 4 rings (SSSR count). The first-order valence-electron chi connectivity index (χ1n) is 4.61. The predicted octanol–water partition coefficient (Wildman–Crippen LogP) is 3.29. The minimum absolute atomic E-state index is 1.10. The molecule has 0 atom stereocenters. The standard InChI is InChI=1S/C10H4N2S4/c1-5-2-8-10(14-16-12-8)4-6(5)3-9-7(1)11-15-13-9/h1-4H. The van der Waals surface area contributed by atoms with E-state index in [4.69, 9.17) is 0 Å². The van der Waals surface area contributed by atoms with Crippen molar-refractivity contribution in [1.82, 2.24) is 0 Å². The highest BCUT2D eigenvalue weighted by atomic mass is 33.1. The van der Waals surface area contributed by atoms with E-state index in [1.54, 1.807) is 41.8 Å². The van der Waals surface area contributed by atoms with Crippen molar-refractivity contribution < 1.29 is 0 Å². The van der Waals surface area contributed by atoms with Crippen molar-refractivity contribution in [3.05, 3.63) is 34.1 Å². The molecular weight excluding hydrogens is 276 g/mol. The topological polar surface area (TPSA) is 24.7 Å². The van der Waals surface area contributed by atoms with E-state index in [2.05, 4.69) is 33.0 Å². The molecule has 6 heteroatoms. The van der Waals surface area contributed by atoms with E-state index in [0.717, 1.165) is 11.0 Å². The van der Waals surface area contributed by atoms with Crippen LogP contribution in [-0.4, -0.2) is 0 Å². The second-order valence-electron chi connectivity index (χ2n) is 3.49. The van der Waals surface area contributed by atoms with Crippen LogP contribution in [0.25, 0.3) is 10.8 Å². The van der Waals surface area contributed by atoms with Gasteiger partial charge in [-0.05, 0) is 45.8 Å². The highest BCUT2D eigenvalue weighted by molar-refractivity contribution is 8.76. The maximum Gasteiger partial charge on any atom is 0.0956 e. The summed E-state index contributed by atoms with van der Waals surface area (Å²) in [4.78, 5) is 1.27. The summed E-state index contributed by atoms with van der Waals surface area (Å²) in [6.07, 6.45) is 0. The number of rotatable bonds is 0. The third kappa shape index (κ3) is 1.34. The van der Waals surface area contributed by atoms with Gasteiger partial charge in [0.25, 0.3) is 0 Å². The average molecular weight is 280 g/mol. The minimum atomic E-state index is 1.10. The van der Waals surface area contributed by atoms with Crippen LogP contribution in [0, 0.1) is 4.51 Å². The van der Waals surface area contributed by atoms with Gasteiger partial charge in [-0.15, -0.1) is 0 Å². The molecule has 0 aliphatic carbocycles. The van der Waals surface area contributed by atoms with E-state index < -0.39 is 0 Å². The molecule has 0 radical (unpaired) electrons. The first-order chi connectivity index (χ1) is 7.90. The van der Waals surface area contributed by atoms with Crippen molar-refractivity contribution >= 4 is 58.3 Å². The number of benzene rings is 2. The molecule has 0 aromatic heterocycles. The van der Waals surface area contributed by atoms with Gasteiger partial charge in [0.05, 0.1) is 15.6 Å². The lowest BCUT2D eigenvalue weighted by atomic mass is 10.1. The molecule has 2 aliphatic rings. The monoisotopic (exact) mass is 280 g/mol. The first kappa shape index (κ1) is 9.47. The van der Waals surface area contributed by atoms with Crippen LogP contribution < -0.4 is 5.36 Å². The number of fused-ring (bicyclic) bond motifs is 3. The summed E-state index contributed by atoms with van der Waals surface area (Å²) in [6, 6.07) is 8.76. The van der Waals surface area contributed by atoms with Crippen LogP contribution in [0.4, 0.5) is 5.69 Å². The Morgan fingerprint density at radius 2 is 1.94 bits per heavy atom. The van der Waals surface area contributed by atoms with Crippen LogP contribution >= 0.6 is 21.8 Å². The van der Waals surface area contributed by atoms with Crippen molar-refractivity contribution in [2.24, 2.45) is 8.76 Å². The summed E-state index contributed by atoms with van der Waals surface area (Å²) in [5, 5.41) is 3.62. The Hall–Kier alpha value is -0.560. The predicted molar refractivity (Wildman–Crippen MR) is 74.2 cm³/mol. The number of hydrogen-bond donors (Lipinski definition) is 0. The van der Waals surface area contributed by atoms with Gasteiger partial charge < -0.3 is 0 Å². The van der Waals surface area contributed by atoms with Crippen molar-refractivity contribution in [2.45, 2.75) is 4.90 Å². The largest absolute Gasteiger partial charge is 0.204 e. The van der Waals surface area contributed by atoms with Crippen LogP contribution in [0.3, 0.4) is 0 Å². The van der Waals surface area contributed by atoms with E-state index >= 15 is 0 Å². The Morgan fingerprint density at radius 1 is 1.00 bits per heavy atom. The summed E-state index contributed by atoms with van der Waals surface area (Å²) < 4.78 is 10.0. The summed E-state index contributed by atoms with van der Waals surface area (Å²) in [5.74, 6) is 0. The van der Waals surface area contributed by atoms with Crippen LogP contribution in [0.2, 0.25) is 0 Å². The van der Waals surface area contributed by atoms with Crippen molar-refractivity contribution in [1.29, 1.82) is 0 Å². The maximum atomic E-state index is 4.38. The zero-order valence-electron chi connectivity index (χ0n) is 7.84. The van der Waals surface area contributed by atoms with Gasteiger partial charge in [0.1, 0.15) is 0 Å². The summed E-state index contributed by atoms with van der Waals surface area (Å²) in [5.41, 5.74) is 1.10. The van der Waals surface area contributed by atoms with Gasteiger partial charge in [-0.2, -0.15) is 4.36 Å². The molecule has 78 valence electrons. The van der Waals surface area contributed by atoms with Gasteiger partial charge in [0.2, 0.25) is 0 Å². The summed E-state index contributed by atoms with van der Waals surface area (Å²) >= 11 is 0. The maximum absolute atomic E-state index is 4.38. The average Bonchev–Trinajstić information content (AvgIpc) is 2.89. The van der Waals surface area contributed by atoms with Crippen molar-refractivity contribution in [2.75, 3.05) is 0 Å². The Labute approximate surface area is 106 Å². The Morgan fingerprint density at radius 3 is 2.94 bits per heavy atom. The van der Waals surface area contributed by atoms with E-state index in [0.29, 0.717) is 0 Å². The van der Waals surface area contributed by atoms with Crippen LogP contribution in [0.15, 0.2) is 37.9 Å². The molecule has 2 aromatic carbocycles. The molecule has 0 N–H and O–H groups in total. The molecule has 0 fully saturated rings. The zero-order chi connectivity index (χ0) is 10.5. The molecule has 0 bridgehead atoms. The van der Waals surface area contributed by atoms with Gasteiger partial charge in [0, 0.05) is 26.0 Å². The summed E-state index contributed by atoms with van der Waals surface area (Å²) in [7, 11) is 6.56. The van der Waals surface area contributed by atoms with E-state index in [1.807, 2.05) is 0 Å². The fourth-order valence-electron chi connectivity index (χ4n) is 1.76. The minimum Gasteiger partial charge on any atom is -0.204 e. The van der Waals surface area contributed by atoms with Gasteiger partial charge in [-0.1, -0.05) is 9.91 Å². The molecule has 2 heterocycles. The van der Waals surface area contributed by atoms with E-state index in [1.165, 1.54) is 20.2 Å². The SMILES string of the molecule is c1c2c(cc3cc4c(cc13)=S=S=N4)=NSS2. The fraction of sp³-hybridized carbons (Fsp3) is 0. The number of nitrogens with zero attached hydrogens (tertiary/aromatic N) is 2. The molecule has 16 heavy (non-hydrogen) atoms. The van der Waals surface area contributed by atoms with Crippen LogP contribution in [0.1, 0.15) is 0 Å². The lowest BCUT2D eigenvalue weighted by molar-refractivity contribution is 1.34. The van der Waals surface area contributed by atoms with Crippen molar-refractivity contribution in [3.8, 4) is 0 Å². The van der Waals surface area contributed by atoms with E-state index in [-0.39, 0.29) is 0 Å². The molecule has 2 aromatic rings. The third-order valence-electron chi connectivity index (χ3n) is 2.52. The Balaban J connectivity index is 2.21. The molecule has 0 unspecified atom stereocenters. The van der Waals surface area contributed by atoms with Gasteiger partial charge in [0.15, 0.2) is 0 Å². The normalized spacial score (nSPS) is 15.8. The van der Waals surface area contributed by atoms with Crippen LogP contribution in [-0.2, 0) is 20.0 Å².